The number of hydrogen-bond acceptors (Lipinski definition) is 3. The highest BCUT2D eigenvalue weighted by Crippen LogP contribution is 2.35. The number of carbonyl (C=O) groups excluding carboxylic acids is 1. The number of amides is 1. The van der Waals surface area contributed by atoms with Crippen LogP contribution in [0.25, 0.3) is 0 Å². The lowest BCUT2D eigenvalue weighted by atomic mass is 9.88. The average molecular weight is 437 g/mol. The Kier molecular flexibility index (Phi) is 6.83. The summed E-state index contributed by atoms with van der Waals surface area (Å²) < 4.78 is 13.3. The number of thiophene rings is 1. The summed E-state index contributed by atoms with van der Waals surface area (Å²) in [5.74, 6) is 0.545. The molecule has 0 N–H and O–H groups in total. The number of nitrogens with zero attached hydrogens (tertiary/aromatic N) is 2. The molecule has 0 saturated carbocycles. The van der Waals surface area contributed by atoms with Gasteiger partial charge in [0.05, 0.1) is 0 Å². The van der Waals surface area contributed by atoms with Crippen LogP contribution < -0.4 is 0 Å². The van der Waals surface area contributed by atoms with Gasteiger partial charge < -0.3 is 4.90 Å². The van der Waals surface area contributed by atoms with Crippen molar-refractivity contribution in [2.24, 2.45) is 5.92 Å². The standard InChI is InChI=1S/C26H29FN2OS/c1-19-5-9-22(10-6-19)26-18-28(17-25-4-3-13-31-25)15-23(26)16-29(20(2)30)14-21-7-11-24(27)12-8-21/h3-13,23,26H,14-18H2,1-2H3. The van der Waals surface area contributed by atoms with Crippen molar-refractivity contribution in [2.75, 3.05) is 19.6 Å². The lowest BCUT2D eigenvalue weighted by Crippen LogP contribution is -2.35. The number of carbonyl (C=O) groups is 1. The largest absolute Gasteiger partial charge is 0.338 e. The second kappa shape index (κ2) is 9.75. The molecule has 3 aromatic rings. The maximum Gasteiger partial charge on any atom is 0.219 e. The zero-order chi connectivity index (χ0) is 21.8. The first-order valence-corrected chi connectivity index (χ1v) is 11.7. The third kappa shape index (κ3) is 5.60. The van der Waals surface area contributed by atoms with E-state index < -0.39 is 0 Å². The van der Waals surface area contributed by atoms with Crippen molar-refractivity contribution in [3.8, 4) is 0 Å². The summed E-state index contributed by atoms with van der Waals surface area (Å²) in [5.41, 5.74) is 3.56. The molecule has 0 bridgehead atoms. The number of halogens is 1. The van der Waals surface area contributed by atoms with Crippen molar-refractivity contribution in [3.05, 3.63) is 93.4 Å². The molecule has 2 atom stereocenters. The van der Waals surface area contributed by atoms with Gasteiger partial charge in [-0.25, -0.2) is 4.39 Å². The van der Waals surface area contributed by atoms with Gasteiger partial charge in [-0.15, -0.1) is 11.3 Å². The number of hydrogen-bond donors (Lipinski definition) is 0. The monoisotopic (exact) mass is 436 g/mol. The first kappa shape index (κ1) is 21.7. The van der Waals surface area contributed by atoms with E-state index >= 15 is 0 Å². The van der Waals surface area contributed by atoms with E-state index in [1.54, 1.807) is 30.4 Å². The highest BCUT2D eigenvalue weighted by Gasteiger charge is 2.35. The van der Waals surface area contributed by atoms with Crippen LogP contribution in [0.15, 0.2) is 66.0 Å². The Morgan fingerprint density at radius 1 is 1.10 bits per heavy atom. The second-order valence-corrected chi connectivity index (χ2v) is 9.61. The second-order valence-electron chi connectivity index (χ2n) is 8.58. The topological polar surface area (TPSA) is 23.6 Å². The van der Waals surface area contributed by atoms with E-state index in [1.165, 1.54) is 28.1 Å². The summed E-state index contributed by atoms with van der Waals surface area (Å²) in [4.78, 5) is 18.3. The highest BCUT2D eigenvalue weighted by molar-refractivity contribution is 7.09. The van der Waals surface area contributed by atoms with Gasteiger partial charge in [-0.1, -0.05) is 48.0 Å². The molecule has 0 spiro atoms. The van der Waals surface area contributed by atoms with Gasteiger partial charge in [0.1, 0.15) is 5.82 Å². The van der Waals surface area contributed by atoms with Crippen LogP contribution in [0, 0.1) is 18.7 Å². The third-order valence-electron chi connectivity index (χ3n) is 6.17. The first-order valence-electron chi connectivity index (χ1n) is 10.8. The van der Waals surface area contributed by atoms with Crippen molar-refractivity contribution in [1.82, 2.24) is 9.80 Å². The fraction of sp³-hybridized carbons (Fsp3) is 0.346. The molecule has 2 unspecified atom stereocenters. The van der Waals surface area contributed by atoms with Crippen LogP contribution in [0.1, 0.15) is 34.4 Å². The van der Waals surface area contributed by atoms with E-state index in [-0.39, 0.29) is 11.7 Å². The molecule has 1 aromatic heterocycles. The van der Waals surface area contributed by atoms with Crippen molar-refractivity contribution in [3.63, 3.8) is 0 Å². The molecule has 1 saturated heterocycles. The van der Waals surface area contributed by atoms with Crippen molar-refractivity contribution in [2.45, 2.75) is 32.9 Å². The lowest BCUT2D eigenvalue weighted by Gasteiger charge is -2.28. The SMILES string of the molecule is CC(=O)N(Cc1ccc(F)cc1)CC1CN(Cc2cccs2)CC1c1ccc(C)cc1. The van der Waals surface area contributed by atoms with Crippen LogP contribution in [-0.4, -0.2) is 35.3 Å². The third-order valence-corrected chi connectivity index (χ3v) is 7.03. The Hall–Kier alpha value is -2.50. The maximum absolute atomic E-state index is 13.3. The summed E-state index contributed by atoms with van der Waals surface area (Å²) in [7, 11) is 0. The summed E-state index contributed by atoms with van der Waals surface area (Å²) in [6.07, 6.45) is 0. The molecule has 3 nitrogen and oxygen atoms in total. The van der Waals surface area contributed by atoms with E-state index in [1.807, 2.05) is 4.90 Å². The highest BCUT2D eigenvalue weighted by atomic mass is 32.1. The molecule has 2 heterocycles. The van der Waals surface area contributed by atoms with E-state index in [9.17, 15) is 9.18 Å². The Labute approximate surface area is 188 Å². The molecule has 31 heavy (non-hydrogen) atoms. The average Bonchev–Trinajstić information content (AvgIpc) is 3.40. The van der Waals surface area contributed by atoms with Crippen LogP contribution in [0.4, 0.5) is 4.39 Å². The van der Waals surface area contributed by atoms with Gasteiger partial charge in [0.15, 0.2) is 0 Å². The molecule has 1 aliphatic heterocycles. The fourth-order valence-corrected chi connectivity index (χ4v) is 5.23. The van der Waals surface area contributed by atoms with Gasteiger partial charge in [-0.05, 0) is 47.5 Å². The van der Waals surface area contributed by atoms with Crippen molar-refractivity contribution >= 4 is 17.2 Å². The summed E-state index contributed by atoms with van der Waals surface area (Å²) >= 11 is 1.79. The Morgan fingerprint density at radius 2 is 1.84 bits per heavy atom. The van der Waals surface area contributed by atoms with Gasteiger partial charge in [0.25, 0.3) is 0 Å². The van der Waals surface area contributed by atoms with Crippen LogP contribution in [0.2, 0.25) is 0 Å². The summed E-state index contributed by atoms with van der Waals surface area (Å²) in [6.45, 7) is 7.86. The zero-order valence-electron chi connectivity index (χ0n) is 18.1. The van der Waals surface area contributed by atoms with E-state index in [0.717, 1.165) is 25.2 Å². The molecule has 4 rings (SSSR count). The number of aryl methyl sites for hydroxylation is 1. The molecule has 2 aromatic carbocycles. The minimum atomic E-state index is -0.252. The number of benzene rings is 2. The molecular formula is C26H29FN2OS. The Morgan fingerprint density at radius 3 is 2.48 bits per heavy atom. The lowest BCUT2D eigenvalue weighted by molar-refractivity contribution is -0.130. The molecule has 0 aliphatic carbocycles. The van der Waals surface area contributed by atoms with Gasteiger partial charge in [-0.3, -0.25) is 9.69 Å². The van der Waals surface area contributed by atoms with Crippen molar-refractivity contribution < 1.29 is 9.18 Å². The smallest absolute Gasteiger partial charge is 0.219 e. The zero-order valence-corrected chi connectivity index (χ0v) is 18.9. The molecule has 162 valence electrons. The normalized spacial score (nSPS) is 18.9. The van der Waals surface area contributed by atoms with Gasteiger partial charge >= 0.3 is 0 Å². The predicted molar refractivity (Wildman–Crippen MR) is 124 cm³/mol. The van der Waals surface area contributed by atoms with Crippen LogP contribution in [-0.2, 0) is 17.9 Å². The fourth-order valence-electron chi connectivity index (χ4n) is 4.49. The predicted octanol–water partition coefficient (Wildman–Crippen LogP) is 5.46. The Balaban J connectivity index is 1.53. The maximum atomic E-state index is 13.3. The van der Waals surface area contributed by atoms with Crippen LogP contribution in [0.3, 0.4) is 0 Å². The van der Waals surface area contributed by atoms with Crippen LogP contribution in [0.5, 0.6) is 0 Å². The molecule has 1 aliphatic rings. The van der Waals surface area contributed by atoms with Gasteiger partial charge in [-0.2, -0.15) is 0 Å². The summed E-state index contributed by atoms with van der Waals surface area (Å²) in [6, 6.07) is 19.6. The number of rotatable bonds is 7. The Bertz CT molecular complexity index is 985. The van der Waals surface area contributed by atoms with E-state index in [4.69, 9.17) is 0 Å². The van der Waals surface area contributed by atoms with Crippen molar-refractivity contribution in [1.29, 1.82) is 0 Å². The van der Waals surface area contributed by atoms with Gasteiger partial charge in [0, 0.05) is 50.4 Å². The molecule has 1 amide bonds. The minimum Gasteiger partial charge on any atom is -0.338 e. The molecular weight excluding hydrogens is 407 g/mol. The quantitative estimate of drug-likeness (QED) is 0.491. The van der Waals surface area contributed by atoms with Gasteiger partial charge in [0.2, 0.25) is 5.91 Å². The van der Waals surface area contributed by atoms with E-state index in [0.29, 0.717) is 24.9 Å². The molecule has 5 heteroatoms. The molecule has 1 fully saturated rings. The number of likely N-dealkylation sites (tertiary alicyclic amines) is 1. The summed E-state index contributed by atoms with van der Waals surface area (Å²) in [5, 5.41) is 2.13. The van der Waals surface area contributed by atoms with Crippen LogP contribution >= 0.6 is 11.3 Å². The first-order chi connectivity index (χ1) is 15.0. The van der Waals surface area contributed by atoms with E-state index in [2.05, 4.69) is 53.6 Å². The minimum absolute atomic E-state index is 0.0590. The molecule has 0 radical (unpaired) electrons.